The number of hydrogen-bond acceptors (Lipinski definition) is 0. The van der Waals surface area contributed by atoms with Gasteiger partial charge in [0.15, 0.2) is 0 Å². The van der Waals surface area contributed by atoms with E-state index in [1.54, 1.807) is 0 Å². The molecular formula is C10H24Si. The van der Waals surface area contributed by atoms with Gasteiger partial charge in [0.2, 0.25) is 0 Å². The molecule has 0 aromatic carbocycles. The first-order valence-corrected chi connectivity index (χ1v) is 6.83. The molecule has 0 saturated heterocycles. The van der Waals surface area contributed by atoms with Crippen LogP contribution < -0.4 is 0 Å². The summed E-state index contributed by atoms with van der Waals surface area (Å²) in [7, 11) is 0.238. The fourth-order valence-electron chi connectivity index (χ4n) is 1.91. The van der Waals surface area contributed by atoms with Crippen LogP contribution in [0.2, 0.25) is 11.1 Å². The van der Waals surface area contributed by atoms with Gasteiger partial charge in [-0.2, -0.15) is 0 Å². The lowest BCUT2D eigenvalue weighted by atomic mass is 10.3. The Hall–Kier alpha value is 0.217. The average molecular weight is 172 g/mol. The van der Waals surface area contributed by atoms with Gasteiger partial charge in [-0.25, -0.2) is 0 Å². The summed E-state index contributed by atoms with van der Waals surface area (Å²) in [5, 5.41) is 0. The molecule has 0 aliphatic heterocycles. The highest BCUT2D eigenvalue weighted by molar-refractivity contribution is 6.39. The Bertz CT molecular complexity index is 70.9. The summed E-state index contributed by atoms with van der Waals surface area (Å²) < 4.78 is 0. The van der Waals surface area contributed by atoms with Crippen molar-refractivity contribution in [3.8, 4) is 0 Å². The minimum Gasteiger partial charge on any atom is -0.0654 e. The van der Waals surface area contributed by atoms with Crippen LogP contribution in [0.15, 0.2) is 0 Å². The molecule has 0 spiro atoms. The van der Waals surface area contributed by atoms with Gasteiger partial charge in [0, 0.05) is 9.52 Å². The maximum atomic E-state index is 2.45. The molecular weight excluding hydrogens is 148 g/mol. The summed E-state index contributed by atoms with van der Waals surface area (Å²) in [6, 6.07) is 0. The van der Waals surface area contributed by atoms with E-state index in [0.29, 0.717) is 0 Å². The molecule has 2 unspecified atom stereocenters. The molecule has 0 rings (SSSR count). The minimum atomic E-state index is 0.238. The minimum absolute atomic E-state index is 0.238. The molecule has 0 fully saturated rings. The van der Waals surface area contributed by atoms with Crippen LogP contribution in [0.4, 0.5) is 0 Å². The van der Waals surface area contributed by atoms with Gasteiger partial charge in [-0.1, -0.05) is 64.5 Å². The van der Waals surface area contributed by atoms with Crippen LogP contribution in [-0.2, 0) is 0 Å². The number of rotatable bonds is 6. The first kappa shape index (κ1) is 11.2. The van der Waals surface area contributed by atoms with Gasteiger partial charge < -0.3 is 0 Å². The summed E-state index contributed by atoms with van der Waals surface area (Å²) >= 11 is 0. The van der Waals surface area contributed by atoms with Crippen molar-refractivity contribution in [3.63, 3.8) is 0 Å². The molecule has 0 amide bonds. The maximum Gasteiger partial charge on any atom is 0.0257 e. The highest BCUT2D eigenvalue weighted by Gasteiger charge is 2.07. The molecule has 2 atom stereocenters. The summed E-state index contributed by atoms with van der Waals surface area (Å²) in [5.41, 5.74) is 2.17. The molecule has 0 radical (unpaired) electrons. The Morgan fingerprint density at radius 2 is 1.27 bits per heavy atom. The molecule has 0 aromatic rings. The zero-order valence-electron chi connectivity index (χ0n) is 8.69. The Morgan fingerprint density at radius 1 is 0.909 bits per heavy atom. The predicted molar refractivity (Wildman–Crippen MR) is 57.2 cm³/mol. The van der Waals surface area contributed by atoms with Crippen LogP contribution in [0.3, 0.4) is 0 Å². The predicted octanol–water partition coefficient (Wildman–Crippen LogP) is 3.37. The SMILES string of the molecule is CCCC(C)[SiH2]C(C)CCC. The second kappa shape index (κ2) is 6.90. The van der Waals surface area contributed by atoms with Crippen LogP contribution in [0, 0.1) is 0 Å². The van der Waals surface area contributed by atoms with E-state index in [1.165, 1.54) is 25.7 Å². The molecule has 0 aliphatic carbocycles. The van der Waals surface area contributed by atoms with E-state index in [9.17, 15) is 0 Å². The normalized spacial score (nSPS) is 17.5. The van der Waals surface area contributed by atoms with Crippen molar-refractivity contribution in [2.45, 2.75) is 64.5 Å². The smallest absolute Gasteiger partial charge is 0.0257 e. The molecule has 0 bridgehead atoms. The summed E-state index contributed by atoms with van der Waals surface area (Å²) in [4.78, 5) is 0. The number of hydrogen-bond donors (Lipinski definition) is 0. The van der Waals surface area contributed by atoms with Crippen molar-refractivity contribution in [1.29, 1.82) is 0 Å². The fraction of sp³-hybridized carbons (Fsp3) is 1.00. The molecule has 68 valence electrons. The molecule has 0 N–H and O–H groups in total. The first-order chi connectivity index (χ1) is 5.20. The van der Waals surface area contributed by atoms with Crippen molar-refractivity contribution in [1.82, 2.24) is 0 Å². The second-order valence-corrected chi connectivity index (χ2v) is 7.28. The Kier molecular flexibility index (Phi) is 7.03. The van der Waals surface area contributed by atoms with E-state index < -0.39 is 0 Å². The fourth-order valence-corrected chi connectivity index (χ4v) is 4.57. The maximum absolute atomic E-state index is 2.45. The first-order valence-electron chi connectivity index (χ1n) is 5.20. The van der Waals surface area contributed by atoms with E-state index in [0.717, 1.165) is 11.1 Å². The van der Waals surface area contributed by atoms with Gasteiger partial charge in [-0.05, 0) is 0 Å². The van der Waals surface area contributed by atoms with Gasteiger partial charge in [0.1, 0.15) is 0 Å². The quantitative estimate of drug-likeness (QED) is 0.539. The van der Waals surface area contributed by atoms with E-state index in [-0.39, 0.29) is 9.52 Å². The highest BCUT2D eigenvalue weighted by atomic mass is 28.2. The van der Waals surface area contributed by atoms with Gasteiger partial charge in [0.05, 0.1) is 0 Å². The van der Waals surface area contributed by atoms with Crippen LogP contribution in [0.5, 0.6) is 0 Å². The largest absolute Gasteiger partial charge is 0.0654 e. The van der Waals surface area contributed by atoms with E-state index in [2.05, 4.69) is 27.7 Å². The van der Waals surface area contributed by atoms with Crippen molar-refractivity contribution < 1.29 is 0 Å². The van der Waals surface area contributed by atoms with Crippen molar-refractivity contribution in [3.05, 3.63) is 0 Å². The summed E-state index contributed by atoms with van der Waals surface area (Å²) in [5.74, 6) is 0. The van der Waals surface area contributed by atoms with E-state index in [4.69, 9.17) is 0 Å². The van der Waals surface area contributed by atoms with E-state index in [1.807, 2.05) is 0 Å². The molecule has 11 heavy (non-hydrogen) atoms. The molecule has 0 aromatic heterocycles. The van der Waals surface area contributed by atoms with Crippen LogP contribution in [0.25, 0.3) is 0 Å². The standard InChI is InChI=1S/C10H24Si/c1-5-7-9(3)11-10(4)8-6-2/h9-10H,5-8,11H2,1-4H3. The molecule has 0 saturated carbocycles. The molecule has 0 aliphatic rings. The topological polar surface area (TPSA) is 0 Å². The summed E-state index contributed by atoms with van der Waals surface area (Å²) in [6.07, 6.45) is 5.71. The lowest BCUT2D eigenvalue weighted by molar-refractivity contribution is 0.715. The summed E-state index contributed by atoms with van der Waals surface area (Å²) in [6.45, 7) is 9.49. The van der Waals surface area contributed by atoms with E-state index >= 15 is 0 Å². The van der Waals surface area contributed by atoms with Gasteiger partial charge >= 0.3 is 0 Å². The van der Waals surface area contributed by atoms with Crippen molar-refractivity contribution in [2.75, 3.05) is 0 Å². The van der Waals surface area contributed by atoms with Crippen LogP contribution in [-0.4, -0.2) is 9.52 Å². The third kappa shape index (κ3) is 6.61. The Labute approximate surface area is 74.6 Å². The van der Waals surface area contributed by atoms with Crippen molar-refractivity contribution in [2.24, 2.45) is 0 Å². The molecule has 1 heteroatoms. The van der Waals surface area contributed by atoms with Gasteiger partial charge in [-0.3, -0.25) is 0 Å². The third-order valence-electron chi connectivity index (χ3n) is 2.37. The molecule has 0 heterocycles. The van der Waals surface area contributed by atoms with Crippen molar-refractivity contribution >= 4 is 9.52 Å². The zero-order valence-corrected chi connectivity index (χ0v) is 10.1. The highest BCUT2D eigenvalue weighted by Crippen LogP contribution is 2.20. The Morgan fingerprint density at radius 3 is 1.55 bits per heavy atom. The average Bonchev–Trinajstić information content (AvgIpc) is 1.87. The zero-order chi connectivity index (χ0) is 8.69. The third-order valence-corrected chi connectivity index (χ3v) is 4.79. The monoisotopic (exact) mass is 172 g/mol. The lowest BCUT2D eigenvalue weighted by Gasteiger charge is -2.14. The van der Waals surface area contributed by atoms with Gasteiger partial charge in [-0.15, -0.1) is 0 Å². The van der Waals surface area contributed by atoms with Crippen LogP contribution >= 0.6 is 0 Å². The Balaban J connectivity index is 3.32. The second-order valence-electron chi connectivity index (χ2n) is 4.02. The van der Waals surface area contributed by atoms with Crippen LogP contribution in [0.1, 0.15) is 53.4 Å². The molecule has 0 nitrogen and oxygen atoms in total. The lowest BCUT2D eigenvalue weighted by Crippen LogP contribution is -2.05. The van der Waals surface area contributed by atoms with Gasteiger partial charge in [0.25, 0.3) is 0 Å².